The van der Waals surface area contributed by atoms with Gasteiger partial charge in [0.15, 0.2) is 5.16 Å². The minimum Gasteiger partial charge on any atom is -0.308 e. The summed E-state index contributed by atoms with van der Waals surface area (Å²) < 4.78 is 1.62. The second-order valence-corrected chi connectivity index (χ2v) is 6.95. The summed E-state index contributed by atoms with van der Waals surface area (Å²) in [4.78, 5) is 12.6. The molecule has 0 aliphatic rings. The van der Waals surface area contributed by atoms with Crippen LogP contribution in [0.25, 0.3) is 0 Å². The quantitative estimate of drug-likeness (QED) is 0.891. The Labute approximate surface area is 129 Å². The summed E-state index contributed by atoms with van der Waals surface area (Å²) in [5, 5.41) is 10.7. The Bertz CT molecular complexity index is 637. The first-order valence-electron chi connectivity index (χ1n) is 7.06. The number of hydrogen-bond donors (Lipinski definition) is 2. The summed E-state index contributed by atoms with van der Waals surface area (Å²) in [6.45, 7) is 9.85. The maximum absolute atomic E-state index is 11.5. The number of aromatic nitrogens is 3. The van der Waals surface area contributed by atoms with Crippen LogP contribution >= 0.6 is 11.8 Å². The second-order valence-electron chi connectivity index (χ2n) is 5.91. The van der Waals surface area contributed by atoms with Crippen molar-refractivity contribution in [3.05, 3.63) is 40.3 Å². The third-order valence-corrected chi connectivity index (χ3v) is 4.00. The zero-order chi connectivity index (χ0) is 15.5. The number of aromatic amines is 1. The van der Waals surface area contributed by atoms with Crippen LogP contribution in [-0.4, -0.2) is 20.3 Å². The van der Waals surface area contributed by atoms with Crippen LogP contribution < -0.4 is 11.0 Å². The second kappa shape index (κ2) is 6.49. The van der Waals surface area contributed by atoms with Gasteiger partial charge in [0, 0.05) is 23.5 Å². The average molecular weight is 306 g/mol. The van der Waals surface area contributed by atoms with E-state index >= 15 is 0 Å². The van der Waals surface area contributed by atoms with Gasteiger partial charge in [0.25, 0.3) is 0 Å². The molecule has 0 atom stereocenters. The molecular weight excluding hydrogens is 284 g/mol. The first kappa shape index (κ1) is 15.9. The molecule has 0 unspecified atom stereocenters. The normalized spacial score (nSPS) is 11.8. The summed E-state index contributed by atoms with van der Waals surface area (Å²) in [6.07, 6.45) is 0. The molecule has 0 amide bonds. The van der Waals surface area contributed by atoms with E-state index in [9.17, 15) is 4.79 Å². The monoisotopic (exact) mass is 306 g/mol. The number of rotatable bonds is 5. The van der Waals surface area contributed by atoms with Gasteiger partial charge in [0.05, 0.1) is 0 Å². The number of benzene rings is 1. The molecular formula is C15H22N4OS. The lowest BCUT2D eigenvalue weighted by molar-refractivity contribution is 0.424. The molecule has 6 heteroatoms. The SMILES string of the molecule is CCn1c(Sc2ccc(CNC(C)(C)C)cc2)n[nH]c1=O. The lowest BCUT2D eigenvalue weighted by atomic mass is 10.1. The van der Waals surface area contributed by atoms with Crippen LogP contribution in [0.3, 0.4) is 0 Å². The number of hydrogen-bond acceptors (Lipinski definition) is 4. The van der Waals surface area contributed by atoms with Gasteiger partial charge >= 0.3 is 5.69 Å². The van der Waals surface area contributed by atoms with E-state index in [0.717, 1.165) is 11.4 Å². The highest BCUT2D eigenvalue weighted by Crippen LogP contribution is 2.25. The largest absolute Gasteiger partial charge is 0.343 e. The zero-order valence-corrected chi connectivity index (χ0v) is 13.8. The number of nitrogens with one attached hydrogen (secondary N) is 2. The Morgan fingerprint density at radius 1 is 1.29 bits per heavy atom. The van der Waals surface area contributed by atoms with Crippen LogP contribution in [0.1, 0.15) is 33.3 Å². The van der Waals surface area contributed by atoms with Gasteiger partial charge in [0.2, 0.25) is 0 Å². The Kier molecular flexibility index (Phi) is 4.90. The van der Waals surface area contributed by atoms with E-state index in [1.807, 2.05) is 6.92 Å². The zero-order valence-electron chi connectivity index (χ0n) is 12.9. The van der Waals surface area contributed by atoms with Crippen molar-refractivity contribution in [2.75, 3.05) is 0 Å². The molecule has 0 radical (unpaired) electrons. The van der Waals surface area contributed by atoms with Crippen LogP contribution in [0.4, 0.5) is 0 Å². The molecule has 2 N–H and O–H groups in total. The maximum Gasteiger partial charge on any atom is 0.343 e. The third kappa shape index (κ3) is 4.47. The summed E-state index contributed by atoms with van der Waals surface area (Å²) in [5.41, 5.74) is 1.19. The fourth-order valence-corrected chi connectivity index (χ4v) is 2.70. The van der Waals surface area contributed by atoms with Crippen LogP contribution in [0.2, 0.25) is 0 Å². The van der Waals surface area contributed by atoms with Gasteiger partial charge in [-0.2, -0.15) is 0 Å². The van der Waals surface area contributed by atoms with E-state index in [4.69, 9.17) is 0 Å². The highest BCUT2D eigenvalue weighted by atomic mass is 32.2. The van der Waals surface area contributed by atoms with Crippen molar-refractivity contribution in [2.24, 2.45) is 0 Å². The Morgan fingerprint density at radius 2 is 1.95 bits per heavy atom. The van der Waals surface area contributed by atoms with Crippen LogP contribution in [0, 0.1) is 0 Å². The lowest BCUT2D eigenvalue weighted by Gasteiger charge is -2.20. The molecule has 1 heterocycles. The first-order chi connectivity index (χ1) is 9.89. The van der Waals surface area contributed by atoms with Gasteiger partial charge in [-0.3, -0.25) is 4.57 Å². The molecule has 0 fully saturated rings. The molecule has 0 saturated carbocycles. The van der Waals surface area contributed by atoms with Crippen LogP contribution in [0.15, 0.2) is 39.1 Å². The van der Waals surface area contributed by atoms with Gasteiger partial charge in [-0.05, 0) is 57.2 Å². The van der Waals surface area contributed by atoms with Gasteiger partial charge in [-0.15, -0.1) is 5.10 Å². The van der Waals surface area contributed by atoms with E-state index in [1.54, 1.807) is 4.57 Å². The Balaban J connectivity index is 2.04. The van der Waals surface area contributed by atoms with Gasteiger partial charge in [0.1, 0.15) is 0 Å². The predicted octanol–water partition coefficient (Wildman–Crippen LogP) is 2.63. The van der Waals surface area contributed by atoms with Crippen molar-refractivity contribution < 1.29 is 0 Å². The highest BCUT2D eigenvalue weighted by Gasteiger charge is 2.10. The molecule has 0 aliphatic heterocycles. The van der Waals surface area contributed by atoms with Crippen molar-refractivity contribution in [3.8, 4) is 0 Å². The fraction of sp³-hybridized carbons (Fsp3) is 0.467. The summed E-state index contributed by atoms with van der Waals surface area (Å²) >= 11 is 1.49. The third-order valence-electron chi connectivity index (χ3n) is 2.99. The molecule has 5 nitrogen and oxygen atoms in total. The van der Waals surface area contributed by atoms with Crippen LogP contribution in [-0.2, 0) is 13.1 Å². The number of nitrogens with zero attached hydrogens (tertiary/aromatic N) is 2. The van der Waals surface area contributed by atoms with Gasteiger partial charge in [-0.1, -0.05) is 12.1 Å². The topological polar surface area (TPSA) is 62.7 Å². The van der Waals surface area contributed by atoms with E-state index < -0.39 is 0 Å². The number of H-pyrrole nitrogens is 1. The molecule has 2 aromatic rings. The van der Waals surface area contributed by atoms with Crippen molar-refractivity contribution in [3.63, 3.8) is 0 Å². The smallest absolute Gasteiger partial charge is 0.308 e. The predicted molar refractivity (Wildman–Crippen MR) is 85.7 cm³/mol. The summed E-state index contributed by atoms with van der Waals surface area (Å²) in [5.74, 6) is 0. The average Bonchev–Trinajstić information content (AvgIpc) is 2.77. The summed E-state index contributed by atoms with van der Waals surface area (Å²) in [7, 11) is 0. The van der Waals surface area contributed by atoms with E-state index in [-0.39, 0.29) is 11.2 Å². The molecule has 2 rings (SSSR count). The van der Waals surface area contributed by atoms with Crippen molar-refractivity contribution in [1.82, 2.24) is 20.1 Å². The molecule has 1 aromatic heterocycles. The van der Waals surface area contributed by atoms with E-state index in [0.29, 0.717) is 11.7 Å². The first-order valence-corrected chi connectivity index (χ1v) is 7.88. The minimum atomic E-state index is -0.161. The van der Waals surface area contributed by atoms with Gasteiger partial charge < -0.3 is 5.32 Å². The molecule has 21 heavy (non-hydrogen) atoms. The maximum atomic E-state index is 11.5. The Morgan fingerprint density at radius 3 is 2.52 bits per heavy atom. The fourth-order valence-electron chi connectivity index (χ4n) is 1.81. The van der Waals surface area contributed by atoms with Crippen molar-refractivity contribution >= 4 is 11.8 Å². The van der Waals surface area contributed by atoms with E-state index in [1.165, 1.54) is 17.3 Å². The van der Waals surface area contributed by atoms with Crippen molar-refractivity contribution in [2.45, 2.75) is 56.4 Å². The Hall–Kier alpha value is -1.53. The molecule has 0 aliphatic carbocycles. The lowest BCUT2D eigenvalue weighted by Crippen LogP contribution is -2.35. The standard InChI is InChI=1S/C15H22N4OS/c1-5-19-13(20)17-18-14(19)21-12-8-6-11(7-9-12)10-16-15(2,3)4/h6-9,16H,5,10H2,1-4H3,(H,17,20). The molecule has 0 spiro atoms. The highest BCUT2D eigenvalue weighted by molar-refractivity contribution is 7.99. The molecule has 0 saturated heterocycles. The molecule has 0 bridgehead atoms. The van der Waals surface area contributed by atoms with Gasteiger partial charge in [-0.25, -0.2) is 9.89 Å². The molecule has 1 aromatic carbocycles. The van der Waals surface area contributed by atoms with Crippen molar-refractivity contribution in [1.29, 1.82) is 0 Å². The molecule has 114 valence electrons. The van der Waals surface area contributed by atoms with Crippen LogP contribution in [0.5, 0.6) is 0 Å². The van der Waals surface area contributed by atoms with E-state index in [2.05, 4.69) is 60.6 Å². The minimum absolute atomic E-state index is 0.111. The summed E-state index contributed by atoms with van der Waals surface area (Å²) in [6, 6.07) is 8.32.